The molecule has 1 heterocycles. The monoisotopic (exact) mass is 520 g/mol. The first-order chi connectivity index (χ1) is 16.8. The maximum atomic E-state index is 12.6. The first-order valence-electron chi connectivity index (χ1n) is 11.0. The van der Waals surface area contributed by atoms with Crippen LogP contribution in [0, 0.1) is 0 Å². The highest BCUT2D eigenvalue weighted by Gasteiger charge is 2.16. The number of aromatic nitrogens is 1. The second-order valence-electron chi connectivity index (χ2n) is 7.51. The van der Waals surface area contributed by atoms with Gasteiger partial charge in [0, 0.05) is 19.6 Å². The summed E-state index contributed by atoms with van der Waals surface area (Å²) in [5.41, 5.74) is 1.22. The zero-order chi connectivity index (χ0) is 25.4. The Morgan fingerprint density at radius 3 is 2.49 bits per heavy atom. The van der Waals surface area contributed by atoms with Crippen molar-refractivity contribution in [2.75, 3.05) is 33.2 Å². The summed E-state index contributed by atoms with van der Waals surface area (Å²) in [6.45, 7) is 3.36. The van der Waals surface area contributed by atoms with Gasteiger partial charge >= 0.3 is 5.97 Å². The van der Waals surface area contributed by atoms with Gasteiger partial charge < -0.3 is 18.8 Å². The first-order valence-corrected chi connectivity index (χ1v) is 13.5. The molecule has 1 amide bonds. The number of fused-ring (bicyclic) bond motifs is 1. The van der Waals surface area contributed by atoms with Gasteiger partial charge in [-0.15, -0.1) is 0 Å². The third kappa shape index (κ3) is 6.77. The normalized spacial score (nSPS) is 12.1. The molecule has 0 saturated carbocycles. The Kier molecular flexibility index (Phi) is 9.19. The second-order valence-corrected chi connectivity index (χ2v) is 10.6. The molecule has 0 fully saturated rings. The average molecular weight is 521 g/mol. The Labute approximate surface area is 207 Å². The van der Waals surface area contributed by atoms with E-state index in [2.05, 4.69) is 4.99 Å². The van der Waals surface area contributed by atoms with Crippen molar-refractivity contribution in [2.45, 2.75) is 31.2 Å². The summed E-state index contributed by atoms with van der Waals surface area (Å²) >= 11 is 1.27. The van der Waals surface area contributed by atoms with Crippen LogP contribution < -0.4 is 9.54 Å². The SMILES string of the molecule is CCOCCn1c(=NC(=O)CCCS(=O)(=O)c2ccc(OC)cc2)sc2cc(C(=O)OC)ccc21. The number of methoxy groups -OCH3 is 2. The van der Waals surface area contributed by atoms with Crippen molar-refractivity contribution in [2.24, 2.45) is 4.99 Å². The van der Waals surface area contributed by atoms with Crippen molar-refractivity contribution in [1.29, 1.82) is 0 Å². The van der Waals surface area contributed by atoms with Crippen LogP contribution in [0.15, 0.2) is 52.4 Å². The van der Waals surface area contributed by atoms with E-state index in [1.54, 1.807) is 30.3 Å². The smallest absolute Gasteiger partial charge is 0.337 e. The molecule has 9 nitrogen and oxygen atoms in total. The number of ether oxygens (including phenoxy) is 3. The van der Waals surface area contributed by atoms with Crippen LogP contribution in [0.4, 0.5) is 0 Å². The van der Waals surface area contributed by atoms with E-state index in [1.165, 1.54) is 37.7 Å². The summed E-state index contributed by atoms with van der Waals surface area (Å²) in [5, 5.41) is 0. The Bertz CT molecular complexity index is 1360. The average Bonchev–Trinajstić information content (AvgIpc) is 3.19. The summed E-state index contributed by atoms with van der Waals surface area (Å²) in [4.78, 5) is 29.4. The van der Waals surface area contributed by atoms with Crippen LogP contribution in [-0.4, -0.2) is 58.0 Å². The van der Waals surface area contributed by atoms with Gasteiger partial charge in [0.15, 0.2) is 14.6 Å². The molecule has 0 aliphatic rings. The second kappa shape index (κ2) is 12.1. The van der Waals surface area contributed by atoms with Crippen LogP contribution >= 0.6 is 11.3 Å². The fraction of sp³-hybridized carbons (Fsp3) is 0.375. The number of benzene rings is 2. The Hall–Kier alpha value is -3.02. The van der Waals surface area contributed by atoms with Gasteiger partial charge in [0.1, 0.15) is 5.75 Å². The van der Waals surface area contributed by atoms with E-state index in [1.807, 2.05) is 11.5 Å². The molecule has 0 bridgehead atoms. The molecule has 3 aromatic rings. The molecule has 0 aliphatic carbocycles. The molecule has 0 atom stereocenters. The van der Waals surface area contributed by atoms with E-state index in [0.29, 0.717) is 35.9 Å². The number of sulfone groups is 1. The minimum atomic E-state index is -3.53. The van der Waals surface area contributed by atoms with Crippen molar-refractivity contribution >= 4 is 43.3 Å². The standard InChI is InChI=1S/C24H28N2O7S2/c1-4-33-14-13-26-20-12-7-17(23(28)32-3)16-21(20)34-24(26)25-22(27)6-5-15-35(29,30)19-10-8-18(31-2)9-11-19/h7-12,16H,4-6,13-15H2,1-3H3. The van der Waals surface area contributed by atoms with Crippen LogP contribution in [0.5, 0.6) is 5.75 Å². The van der Waals surface area contributed by atoms with Gasteiger partial charge in [0.2, 0.25) is 5.91 Å². The molecule has 0 saturated heterocycles. The molecular formula is C24H28N2O7S2. The first kappa shape index (κ1) is 26.6. The number of nitrogens with zero attached hydrogens (tertiary/aromatic N) is 2. The van der Waals surface area contributed by atoms with Gasteiger partial charge in [-0.2, -0.15) is 4.99 Å². The zero-order valence-electron chi connectivity index (χ0n) is 19.9. The number of hydrogen-bond acceptors (Lipinski definition) is 8. The number of amides is 1. The van der Waals surface area contributed by atoms with E-state index in [-0.39, 0.29) is 23.5 Å². The lowest BCUT2D eigenvalue weighted by molar-refractivity contribution is -0.118. The number of carbonyl (C=O) groups excluding carboxylic acids is 2. The molecule has 3 rings (SSSR count). The third-order valence-electron chi connectivity index (χ3n) is 5.21. The van der Waals surface area contributed by atoms with Gasteiger partial charge in [-0.1, -0.05) is 11.3 Å². The highest BCUT2D eigenvalue weighted by molar-refractivity contribution is 7.91. The summed E-state index contributed by atoms with van der Waals surface area (Å²) in [6, 6.07) is 11.3. The van der Waals surface area contributed by atoms with Crippen LogP contribution in [0.2, 0.25) is 0 Å². The number of hydrogen-bond donors (Lipinski definition) is 0. The van der Waals surface area contributed by atoms with Gasteiger partial charge in [0.05, 0.1) is 47.3 Å². The predicted molar refractivity (Wildman–Crippen MR) is 132 cm³/mol. The molecule has 188 valence electrons. The highest BCUT2D eigenvalue weighted by Crippen LogP contribution is 2.21. The van der Waals surface area contributed by atoms with Gasteiger partial charge in [-0.3, -0.25) is 4.79 Å². The lowest BCUT2D eigenvalue weighted by atomic mass is 10.2. The molecular weight excluding hydrogens is 492 g/mol. The van der Waals surface area contributed by atoms with Gasteiger partial charge in [0.25, 0.3) is 0 Å². The van der Waals surface area contributed by atoms with E-state index < -0.39 is 21.7 Å². The van der Waals surface area contributed by atoms with E-state index in [4.69, 9.17) is 14.2 Å². The van der Waals surface area contributed by atoms with Crippen molar-refractivity contribution in [3.8, 4) is 5.75 Å². The fourth-order valence-electron chi connectivity index (χ4n) is 3.40. The lowest BCUT2D eigenvalue weighted by Gasteiger charge is -2.06. The lowest BCUT2D eigenvalue weighted by Crippen LogP contribution is -2.20. The van der Waals surface area contributed by atoms with Gasteiger partial charge in [-0.05, 0) is 55.8 Å². The Balaban J connectivity index is 1.78. The minimum Gasteiger partial charge on any atom is -0.497 e. The zero-order valence-corrected chi connectivity index (χ0v) is 21.5. The van der Waals surface area contributed by atoms with Crippen LogP contribution in [0.3, 0.4) is 0 Å². The maximum Gasteiger partial charge on any atom is 0.337 e. The summed E-state index contributed by atoms with van der Waals surface area (Å²) in [5.74, 6) is -0.467. The molecule has 11 heteroatoms. The predicted octanol–water partition coefficient (Wildman–Crippen LogP) is 3.22. The quantitative estimate of drug-likeness (QED) is 0.282. The summed E-state index contributed by atoms with van der Waals surface area (Å²) in [6.07, 6.45) is 0.134. The number of esters is 1. The molecule has 0 aliphatic heterocycles. The number of thiazole rings is 1. The molecule has 1 aromatic heterocycles. The topological polar surface area (TPSA) is 113 Å². The van der Waals surface area contributed by atoms with Crippen LogP contribution in [0.25, 0.3) is 10.2 Å². The van der Waals surface area contributed by atoms with Crippen molar-refractivity contribution < 1.29 is 32.2 Å². The fourth-order valence-corrected chi connectivity index (χ4v) is 5.82. The van der Waals surface area contributed by atoms with E-state index in [9.17, 15) is 18.0 Å². The van der Waals surface area contributed by atoms with E-state index >= 15 is 0 Å². The molecule has 0 radical (unpaired) electrons. The third-order valence-corrected chi connectivity index (χ3v) is 8.07. The maximum absolute atomic E-state index is 12.6. The Morgan fingerprint density at radius 1 is 1.09 bits per heavy atom. The van der Waals surface area contributed by atoms with Crippen LogP contribution in [0.1, 0.15) is 30.1 Å². The Morgan fingerprint density at radius 2 is 1.83 bits per heavy atom. The number of rotatable bonds is 11. The van der Waals surface area contributed by atoms with Crippen molar-refractivity contribution in [1.82, 2.24) is 4.57 Å². The summed E-state index contributed by atoms with van der Waals surface area (Å²) < 4.78 is 43.1. The molecule has 0 unspecified atom stereocenters. The van der Waals surface area contributed by atoms with E-state index in [0.717, 1.165) is 10.2 Å². The molecule has 0 spiro atoms. The highest BCUT2D eigenvalue weighted by atomic mass is 32.2. The largest absolute Gasteiger partial charge is 0.497 e. The van der Waals surface area contributed by atoms with Crippen molar-refractivity contribution in [3.63, 3.8) is 0 Å². The molecule has 0 N–H and O–H groups in total. The molecule has 2 aromatic carbocycles. The molecule has 35 heavy (non-hydrogen) atoms. The minimum absolute atomic E-state index is 0.0114. The van der Waals surface area contributed by atoms with Crippen molar-refractivity contribution in [3.05, 3.63) is 52.8 Å². The summed E-state index contributed by atoms with van der Waals surface area (Å²) in [7, 11) is -0.701. The van der Waals surface area contributed by atoms with Crippen LogP contribution in [-0.2, 0) is 30.7 Å². The number of carbonyl (C=O) groups is 2. The van der Waals surface area contributed by atoms with Gasteiger partial charge in [-0.25, -0.2) is 13.2 Å².